The summed E-state index contributed by atoms with van der Waals surface area (Å²) in [7, 11) is 0. The third-order valence-electron chi connectivity index (χ3n) is 3.44. The van der Waals surface area contributed by atoms with E-state index in [9.17, 15) is 0 Å². The van der Waals surface area contributed by atoms with Crippen molar-refractivity contribution in [3.05, 3.63) is 41.8 Å². The van der Waals surface area contributed by atoms with Crippen LogP contribution in [0, 0.1) is 0 Å². The van der Waals surface area contributed by atoms with Crippen LogP contribution in [-0.2, 0) is 6.54 Å². The van der Waals surface area contributed by atoms with Crippen LogP contribution >= 0.6 is 11.6 Å². The van der Waals surface area contributed by atoms with Gasteiger partial charge in [0.05, 0.1) is 18.2 Å². The molecular weight excluding hydrogens is 246 g/mol. The minimum absolute atomic E-state index is 0.556. The zero-order valence-corrected chi connectivity index (χ0v) is 10.9. The minimum atomic E-state index is 0.556. The first-order valence-electron chi connectivity index (χ1n) is 6.33. The molecule has 0 spiro atoms. The van der Waals surface area contributed by atoms with Crippen LogP contribution in [0.15, 0.2) is 36.8 Å². The zero-order valence-electron chi connectivity index (χ0n) is 10.1. The van der Waals surface area contributed by atoms with Crippen molar-refractivity contribution < 1.29 is 0 Å². The Morgan fingerprint density at radius 1 is 1.39 bits per heavy atom. The van der Waals surface area contributed by atoms with E-state index in [2.05, 4.69) is 14.9 Å². The summed E-state index contributed by atoms with van der Waals surface area (Å²) in [5, 5.41) is 4.28. The molecule has 1 aromatic heterocycles. The summed E-state index contributed by atoms with van der Waals surface area (Å²) >= 11 is 6.25. The molecule has 3 rings (SSSR count). The van der Waals surface area contributed by atoms with Crippen LogP contribution in [0.5, 0.6) is 0 Å². The molecule has 1 unspecified atom stereocenters. The Balaban J connectivity index is 1.89. The van der Waals surface area contributed by atoms with Crippen LogP contribution in [0.3, 0.4) is 0 Å². The van der Waals surface area contributed by atoms with Crippen molar-refractivity contribution in [1.82, 2.24) is 14.9 Å². The summed E-state index contributed by atoms with van der Waals surface area (Å²) in [5.74, 6) is 0. The number of halogens is 1. The maximum absolute atomic E-state index is 6.25. The summed E-state index contributed by atoms with van der Waals surface area (Å²) < 4.78 is 2.18. The number of nitrogens with zero attached hydrogens (tertiary/aromatic N) is 2. The van der Waals surface area contributed by atoms with Gasteiger partial charge in [0.15, 0.2) is 0 Å². The van der Waals surface area contributed by atoms with Gasteiger partial charge in [-0.3, -0.25) is 0 Å². The average Bonchev–Trinajstić information content (AvgIpc) is 3.02. The van der Waals surface area contributed by atoms with E-state index in [-0.39, 0.29) is 0 Å². The highest BCUT2D eigenvalue weighted by atomic mass is 35.5. The molecule has 0 saturated carbocycles. The molecule has 0 bridgehead atoms. The summed E-state index contributed by atoms with van der Waals surface area (Å²) in [4.78, 5) is 4.26. The van der Waals surface area contributed by atoms with Crippen LogP contribution in [0.1, 0.15) is 12.8 Å². The van der Waals surface area contributed by atoms with Gasteiger partial charge in [-0.2, -0.15) is 0 Å². The lowest BCUT2D eigenvalue weighted by molar-refractivity contribution is 0.512. The molecule has 94 valence electrons. The molecule has 4 heteroatoms. The van der Waals surface area contributed by atoms with E-state index in [0.717, 1.165) is 29.4 Å². The predicted molar refractivity (Wildman–Crippen MR) is 73.7 cm³/mol. The van der Waals surface area contributed by atoms with Crippen molar-refractivity contribution in [2.75, 3.05) is 6.54 Å². The van der Waals surface area contributed by atoms with E-state index < -0.39 is 0 Å². The Labute approximate surface area is 112 Å². The average molecular weight is 262 g/mol. The lowest BCUT2D eigenvalue weighted by Gasteiger charge is -2.14. The number of aromatic nitrogens is 2. The van der Waals surface area contributed by atoms with Gasteiger partial charge in [0.2, 0.25) is 0 Å². The second kappa shape index (κ2) is 5.12. The molecule has 1 fully saturated rings. The Morgan fingerprint density at radius 3 is 3.06 bits per heavy atom. The lowest BCUT2D eigenvalue weighted by Crippen LogP contribution is -2.26. The smallest absolute Gasteiger partial charge is 0.0951 e. The monoisotopic (exact) mass is 261 g/mol. The van der Waals surface area contributed by atoms with Crippen molar-refractivity contribution >= 4 is 11.6 Å². The van der Waals surface area contributed by atoms with E-state index in [1.54, 1.807) is 0 Å². The van der Waals surface area contributed by atoms with E-state index in [1.807, 2.05) is 36.8 Å². The maximum Gasteiger partial charge on any atom is 0.0951 e. The summed E-state index contributed by atoms with van der Waals surface area (Å²) in [6, 6.07) is 8.47. The molecule has 1 saturated heterocycles. The van der Waals surface area contributed by atoms with Gasteiger partial charge >= 0.3 is 0 Å². The van der Waals surface area contributed by atoms with Gasteiger partial charge in [0, 0.05) is 23.2 Å². The summed E-state index contributed by atoms with van der Waals surface area (Å²) in [6.07, 6.45) is 6.27. The number of benzene rings is 1. The highest BCUT2D eigenvalue weighted by Crippen LogP contribution is 2.27. The predicted octanol–water partition coefficient (Wildman–Crippen LogP) is 2.96. The number of nitrogens with one attached hydrogen (secondary N) is 1. The van der Waals surface area contributed by atoms with Crippen LogP contribution in [-0.4, -0.2) is 22.1 Å². The Kier molecular flexibility index (Phi) is 3.35. The van der Waals surface area contributed by atoms with Crippen LogP contribution in [0.25, 0.3) is 11.3 Å². The topological polar surface area (TPSA) is 29.9 Å². The molecular formula is C14H16ClN3. The molecule has 1 N–H and O–H groups in total. The molecule has 0 amide bonds. The molecule has 18 heavy (non-hydrogen) atoms. The first-order valence-corrected chi connectivity index (χ1v) is 6.71. The summed E-state index contributed by atoms with van der Waals surface area (Å²) in [6.45, 7) is 2.08. The van der Waals surface area contributed by atoms with Gasteiger partial charge in [-0.25, -0.2) is 4.98 Å². The molecule has 1 aromatic carbocycles. The first-order chi connectivity index (χ1) is 8.84. The number of hydrogen-bond acceptors (Lipinski definition) is 2. The molecule has 0 aliphatic carbocycles. The number of rotatable bonds is 3. The van der Waals surface area contributed by atoms with Gasteiger partial charge in [-0.05, 0) is 25.5 Å². The van der Waals surface area contributed by atoms with Gasteiger partial charge < -0.3 is 9.88 Å². The first kappa shape index (κ1) is 11.8. The van der Waals surface area contributed by atoms with Crippen LogP contribution < -0.4 is 5.32 Å². The Morgan fingerprint density at radius 2 is 2.28 bits per heavy atom. The zero-order chi connectivity index (χ0) is 12.4. The number of imidazole rings is 1. The quantitative estimate of drug-likeness (QED) is 0.921. The highest BCUT2D eigenvalue weighted by Gasteiger charge is 2.16. The second-order valence-corrected chi connectivity index (χ2v) is 5.11. The van der Waals surface area contributed by atoms with E-state index >= 15 is 0 Å². The molecule has 0 radical (unpaired) electrons. The molecule has 1 atom stereocenters. The van der Waals surface area contributed by atoms with Gasteiger partial charge in [-0.15, -0.1) is 0 Å². The molecule has 1 aliphatic heterocycles. The van der Waals surface area contributed by atoms with Crippen molar-refractivity contribution in [3.63, 3.8) is 0 Å². The van der Waals surface area contributed by atoms with Crippen LogP contribution in [0.2, 0.25) is 5.02 Å². The maximum atomic E-state index is 6.25. The van der Waals surface area contributed by atoms with E-state index in [1.165, 1.54) is 12.8 Å². The van der Waals surface area contributed by atoms with Gasteiger partial charge in [-0.1, -0.05) is 29.8 Å². The summed E-state index contributed by atoms with van der Waals surface area (Å²) in [5.41, 5.74) is 2.14. The van der Waals surface area contributed by atoms with Crippen molar-refractivity contribution in [2.45, 2.75) is 25.4 Å². The largest absolute Gasteiger partial charge is 0.329 e. The lowest BCUT2D eigenvalue weighted by atomic mass is 10.1. The normalized spacial score (nSPS) is 19.3. The highest BCUT2D eigenvalue weighted by molar-refractivity contribution is 6.33. The van der Waals surface area contributed by atoms with Crippen LogP contribution in [0.4, 0.5) is 0 Å². The van der Waals surface area contributed by atoms with E-state index in [0.29, 0.717) is 6.04 Å². The standard InChI is InChI=1S/C14H16ClN3/c15-13-6-2-1-5-12(13)14-8-16-10-18(14)9-11-4-3-7-17-11/h1-2,5-6,8,10-11,17H,3-4,7,9H2. The van der Waals surface area contributed by atoms with E-state index in [4.69, 9.17) is 11.6 Å². The molecule has 1 aliphatic rings. The third-order valence-corrected chi connectivity index (χ3v) is 3.77. The van der Waals surface area contributed by atoms with Gasteiger partial charge in [0.1, 0.15) is 0 Å². The number of hydrogen-bond donors (Lipinski definition) is 1. The Bertz CT molecular complexity index is 529. The van der Waals surface area contributed by atoms with Crippen molar-refractivity contribution in [1.29, 1.82) is 0 Å². The molecule has 2 heterocycles. The Hall–Kier alpha value is -1.32. The molecule has 3 nitrogen and oxygen atoms in total. The minimum Gasteiger partial charge on any atom is -0.329 e. The van der Waals surface area contributed by atoms with Gasteiger partial charge in [0.25, 0.3) is 0 Å². The fourth-order valence-electron chi connectivity index (χ4n) is 2.51. The fourth-order valence-corrected chi connectivity index (χ4v) is 2.74. The fraction of sp³-hybridized carbons (Fsp3) is 0.357. The second-order valence-electron chi connectivity index (χ2n) is 4.70. The third kappa shape index (κ3) is 2.28. The van der Waals surface area contributed by atoms with Crippen molar-refractivity contribution in [2.24, 2.45) is 0 Å². The van der Waals surface area contributed by atoms with Crippen molar-refractivity contribution in [3.8, 4) is 11.3 Å². The SMILES string of the molecule is Clc1ccccc1-c1cncn1CC1CCCN1. The molecule has 2 aromatic rings.